The first kappa shape index (κ1) is 18.4. The zero-order valence-corrected chi connectivity index (χ0v) is 14.0. The van der Waals surface area contributed by atoms with Crippen molar-refractivity contribution in [3.05, 3.63) is 27.5 Å². The van der Waals surface area contributed by atoms with Crippen LogP contribution in [0.1, 0.15) is 17.3 Å². The van der Waals surface area contributed by atoms with E-state index < -0.39 is 35.7 Å². The van der Waals surface area contributed by atoms with Gasteiger partial charge in [-0.1, -0.05) is 23.2 Å². The Hall–Kier alpha value is -0.600. The first-order valence-electron chi connectivity index (χ1n) is 5.52. The van der Waals surface area contributed by atoms with Gasteiger partial charge in [0.25, 0.3) is 15.0 Å². The Balaban J connectivity index is 3.27. The van der Waals surface area contributed by atoms with Crippen molar-refractivity contribution in [1.82, 2.24) is 5.32 Å². The zero-order chi connectivity index (χ0) is 16.4. The standard InChI is InChI=1S/C11H11Cl3FNO4S/c1-5(20-2)4-16-11(17)6-3-7(15)9(13)10(8(6)12)21(14,18)19/h3,5H,4H2,1-2H3,(H,16,17). The van der Waals surface area contributed by atoms with Crippen molar-refractivity contribution in [3.63, 3.8) is 0 Å². The smallest absolute Gasteiger partial charge is 0.264 e. The molecule has 1 aromatic carbocycles. The summed E-state index contributed by atoms with van der Waals surface area (Å²) in [6, 6.07) is 0.739. The predicted octanol–water partition coefficient (Wildman–Crippen LogP) is 2.82. The molecule has 1 unspecified atom stereocenters. The molecule has 0 aliphatic carbocycles. The fourth-order valence-corrected chi connectivity index (χ4v) is 3.75. The van der Waals surface area contributed by atoms with Gasteiger partial charge in [0.1, 0.15) is 10.7 Å². The molecule has 0 aliphatic heterocycles. The van der Waals surface area contributed by atoms with Gasteiger partial charge in [0.05, 0.1) is 21.7 Å². The van der Waals surface area contributed by atoms with Crippen molar-refractivity contribution in [3.8, 4) is 0 Å². The molecule has 1 aromatic rings. The number of methoxy groups -OCH3 is 1. The lowest BCUT2D eigenvalue weighted by Crippen LogP contribution is -2.32. The van der Waals surface area contributed by atoms with Crippen LogP contribution in [0.25, 0.3) is 0 Å². The second-order valence-corrected chi connectivity index (χ2v) is 7.32. The summed E-state index contributed by atoms with van der Waals surface area (Å²) in [5, 5.41) is 1.11. The number of amides is 1. The van der Waals surface area contributed by atoms with Gasteiger partial charge in [0, 0.05) is 24.3 Å². The van der Waals surface area contributed by atoms with E-state index >= 15 is 0 Å². The van der Waals surface area contributed by atoms with Gasteiger partial charge in [-0.05, 0) is 13.0 Å². The van der Waals surface area contributed by atoms with Crippen molar-refractivity contribution < 1.29 is 22.3 Å². The molecule has 0 saturated heterocycles. The number of carbonyl (C=O) groups excluding carboxylic acids is 1. The monoisotopic (exact) mass is 377 g/mol. The zero-order valence-electron chi connectivity index (χ0n) is 10.9. The third-order valence-corrected chi connectivity index (χ3v) is 4.90. The van der Waals surface area contributed by atoms with E-state index in [4.69, 9.17) is 38.6 Å². The Bertz CT molecular complexity index is 666. The van der Waals surface area contributed by atoms with E-state index in [0.717, 1.165) is 6.07 Å². The maximum Gasteiger partial charge on any atom is 0.264 e. The van der Waals surface area contributed by atoms with Gasteiger partial charge in [0.15, 0.2) is 0 Å². The van der Waals surface area contributed by atoms with E-state index in [0.29, 0.717) is 0 Å². The summed E-state index contributed by atoms with van der Waals surface area (Å²) in [5.74, 6) is -1.90. The summed E-state index contributed by atoms with van der Waals surface area (Å²) in [4.78, 5) is 11.1. The van der Waals surface area contributed by atoms with E-state index in [1.54, 1.807) is 6.92 Å². The Kier molecular flexibility index (Phi) is 6.24. The molecule has 0 aromatic heterocycles. The van der Waals surface area contributed by atoms with Crippen molar-refractivity contribution in [2.24, 2.45) is 0 Å². The summed E-state index contributed by atoms with van der Waals surface area (Å²) < 4.78 is 41.4. The molecule has 0 fully saturated rings. The lowest BCUT2D eigenvalue weighted by atomic mass is 10.2. The van der Waals surface area contributed by atoms with Gasteiger partial charge in [-0.15, -0.1) is 0 Å². The third-order valence-electron chi connectivity index (χ3n) is 2.56. The second kappa shape index (κ2) is 7.11. The number of carbonyl (C=O) groups is 1. The highest BCUT2D eigenvalue weighted by Gasteiger charge is 2.27. The van der Waals surface area contributed by atoms with E-state index in [1.807, 2.05) is 0 Å². The molecule has 1 atom stereocenters. The highest BCUT2D eigenvalue weighted by molar-refractivity contribution is 8.14. The van der Waals surface area contributed by atoms with Crippen LogP contribution < -0.4 is 5.32 Å². The van der Waals surface area contributed by atoms with Crippen LogP contribution in [-0.4, -0.2) is 34.1 Å². The summed E-state index contributed by atoms with van der Waals surface area (Å²) in [5.41, 5.74) is -0.388. The molecule has 21 heavy (non-hydrogen) atoms. The molecule has 0 radical (unpaired) electrons. The maximum absolute atomic E-state index is 13.7. The summed E-state index contributed by atoms with van der Waals surface area (Å²) in [6.07, 6.45) is -0.291. The molecule has 0 bridgehead atoms. The van der Waals surface area contributed by atoms with Crippen molar-refractivity contribution in [2.45, 2.75) is 17.9 Å². The number of ether oxygens (including phenoxy) is 1. The van der Waals surface area contributed by atoms with Crippen LogP contribution in [0.15, 0.2) is 11.0 Å². The minimum absolute atomic E-state index is 0.124. The van der Waals surface area contributed by atoms with E-state index in [2.05, 4.69) is 5.32 Å². The van der Waals surface area contributed by atoms with Gasteiger partial charge < -0.3 is 10.1 Å². The van der Waals surface area contributed by atoms with Gasteiger partial charge in [-0.2, -0.15) is 0 Å². The van der Waals surface area contributed by atoms with Gasteiger partial charge in [-0.3, -0.25) is 4.79 Å². The van der Waals surface area contributed by atoms with Gasteiger partial charge in [0.2, 0.25) is 0 Å². The molecular weight excluding hydrogens is 368 g/mol. The Labute approximate surface area is 135 Å². The van der Waals surface area contributed by atoms with Crippen molar-refractivity contribution in [2.75, 3.05) is 13.7 Å². The number of nitrogens with one attached hydrogen (secondary N) is 1. The highest BCUT2D eigenvalue weighted by atomic mass is 35.7. The summed E-state index contributed by atoms with van der Waals surface area (Å²) in [6.45, 7) is 1.82. The lowest BCUT2D eigenvalue weighted by molar-refractivity contribution is 0.0870. The molecule has 10 heteroatoms. The maximum atomic E-state index is 13.7. The normalized spacial score (nSPS) is 13.0. The number of hydrogen-bond acceptors (Lipinski definition) is 4. The first-order valence-corrected chi connectivity index (χ1v) is 8.59. The summed E-state index contributed by atoms with van der Waals surface area (Å²) in [7, 11) is 2.19. The number of halogens is 4. The highest BCUT2D eigenvalue weighted by Crippen LogP contribution is 2.36. The molecule has 1 rings (SSSR count). The second-order valence-electron chi connectivity index (χ2n) is 4.06. The van der Waals surface area contributed by atoms with Gasteiger partial charge >= 0.3 is 0 Å². The van der Waals surface area contributed by atoms with Crippen LogP contribution in [0, 0.1) is 5.82 Å². The Morgan fingerprint density at radius 3 is 2.48 bits per heavy atom. The van der Waals surface area contributed by atoms with E-state index in [9.17, 15) is 17.6 Å². The first-order chi connectivity index (χ1) is 9.59. The molecule has 5 nitrogen and oxygen atoms in total. The average Bonchev–Trinajstić information content (AvgIpc) is 2.38. The van der Waals surface area contributed by atoms with Crippen LogP contribution in [0.3, 0.4) is 0 Å². The summed E-state index contributed by atoms with van der Waals surface area (Å²) >= 11 is 11.3. The topological polar surface area (TPSA) is 72.5 Å². The SMILES string of the molecule is COC(C)CNC(=O)c1cc(F)c(Cl)c(S(=O)(=O)Cl)c1Cl. The Morgan fingerprint density at radius 2 is 2.00 bits per heavy atom. The van der Waals surface area contributed by atoms with Gasteiger partial charge in [-0.25, -0.2) is 12.8 Å². The number of benzene rings is 1. The number of hydrogen-bond donors (Lipinski definition) is 1. The molecule has 118 valence electrons. The van der Waals surface area contributed by atoms with E-state index in [1.165, 1.54) is 7.11 Å². The van der Waals surface area contributed by atoms with Crippen LogP contribution in [-0.2, 0) is 13.8 Å². The quantitative estimate of drug-likeness (QED) is 0.632. The van der Waals surface area contributed by atoms with Crippen LogP contribution in [0.2, 0.25) is 10.0 Å². The minimum atomic E-state index is -4.41. The molecule has 0 heterocycles. The molecule has 0 spiro atoms. The predicted molar refractivity (Wildman–Crippen MR) is 78.3 cm³/mol. The fraction of sp³-hybridized carbons (Fsp3) is 0.364. The average molecular weight is 379 g/mol. The van der Waals surface area contributed by atoms with E-state index in [-0.39, 0.29) is 18.2 Å². The van der Waals surface area contributed by atoms with Crippen molar-refractivity contribution >= 4 is 48.8 Å². The molecule has 0 aliphatic rings. The number of rotatable bonds is 5. The van der Waals surface area contributed by atoms with Crippen molar-refractivity contribution in [1.29, 1.82) is 0 Å². The Morgan fingerprint density at radius 1 is 1.43 bits per heavy atom. The van der Waals surface area contributed by atoms with Crippen LogP contribution in [0.4, 0.5) is 4.39 Å². The molecular formula is C11H11Cl3FNO4S. The minimum Gasteiger partial charge on any atom is -0.380 e. The van der Waals surface area contributed by atoms with Crippen LogP contribution in [0.5, 0.6) is 0 Å². The van der Waals surface area contributed by atoms with Crippen LogP contribution >= 0.6 is 33.9 Å². The molecule has 0 saturated carbocycles. The molecule has 1 amide bonds. The lowest BCUT2D eigenvalue weighted by Gasteiger charge is -2.13. The third kappa shape index (κ3) is 4.43. The largest absolute Gasteiger partial charge is 0.380 e. The fourth-order valence-electron chi connectivity index (χ4n) is 1.37. The molecule has 1 N–H and O–H groups in total.